The molecule has 122 valence electrons. The van der Waals surface area contributed by atoms with Crippen molar-refractivity contribution < 1.29 is 9.21 Å². The van der Waals surface area contributed by atoms with Crippen LogP contribution < -0.4 is 5.32 Å². The van der Waals surface area contributed by atoms with E-state index in [9.17, 15) is 4.79 Å². The van der Waals surface area contributed by atoms with Crippen molar-refractivity contribution in [3.63, 3.8) is 0 Å². The number of nitrogens with zero attached hydrogens (tertiary/aromatic N) is 2. The van der Waals surface area contributed by atoms with Crippen LogP contribution in [0.15, 0.2) is 58.2 Å². The van der Waals surface area contributed by atoms with E-state index in [0.29, 0.717) is 5.82 Å². The van der Waals surface area contributed by atoms with E-state index in [-0.39, 0.29) is 11.7 Å². The molecular weight excluding hydrogens is 322 g/mol. The molecule has 5 nitrogen and oxygen atoms in total. The standard InChI is InChI=1S/C18H17N3O2S/c1-12-5-6-13(2)14(10-12)11-24-17-8-7-16(20-21-17)19-18(22)15-4-3-9-23-15/h3-10H,11H2,1-2H3,(H,19,20,22). The molecule has 0 saturated carbocycles. The van der Waals surface area contributed by atoms with Gasteiger partial charge in [0.15, 0.2) is 11.6 Å². The van der Waals surface area contributed by atoms with Gasteiger partial charge in [-0.1, -0.05) is 35.5 Å². The summed E-state index contributed by atoms with van der Waals surface area (Å²) < 4.78 is 5.04. The summed E-state index contributed by atoms with van der Waals surface area (Å²) in [5.41, 5.74) is 3.80. The lowest BCUT2D eigenvalue weighted by Crippen LogP contribution is -2.12. The Hall–Kier alpha value is -2.60. The first-order valence-corrected chi connectivity index (χ1v) is 8.48. The molecule has 0 atom stereocenters. The first-order valence-electron chi connectivity index (χ1n) is 7.49. The van der Waals surface area contributed by atoms with Gasteiger partial charge >= 0.3 is 0 Å². The number of benzene rings is 1. The third-order valence-electron chi connectivity index (χ3n) is 3.51. The highest BCUT2D eigenvalue weighted by molar-refractivity contribution is 7.98. The predicted octanol–water partition coefficient (Wildman–Crippen LogP) is 4.23. The van der Waals surface area contributed by atoms with Crippen LogP contribution in [0.2, 0.25) is 0 Å². The van der Waals surface area contributed by atoms with Crippen molar-refractivity contribution >= 4 is 23.5 Å². The molecule has 1 amide bonds. The molecule has 0 unspecified atom stereocenters. The lowest BCUT2D eigenvalue weighted by molar-refractivity contribution is 0.0996. The summed E-state index contributed by atoms with van der Waals surface area (Å²) in [4.78, 5) is 11.9. The monoisotopic (exact) mass is 339 g/mol. The van der Waals surface area contributed by atoms with E-state index in [1.807, 2.05) is 6.07 Å². The molecule has 1 aromatic carbocycles. The summed E-state index contributed by atoms with van der Waals surface area (Å²) in [6.07, 6.45) is 1.45. The zero-order valence-corrected chi connectivity index (χ0v) is 14.3. The summed E-state index contributed by atoms with van der Waals surface area (Å²) in [5, 5.41) is 11.6. The molecule has 0 radical (unpaired) electrons. The highest BCUT2D eigenvalue weighted by Gasteiger charge is 2.10. The fourth-order valence-electron chi connectivity index (χ4n) is 2.16. The van der Waals surface area contributed by atoms with E-state index in [1.54, 1.807) is 30.0 Å². The molecule has 0 saturated heterocycles. The Labute approximate surface area is 144 Å². The van der Waals surface area contributed by atoms with Crippen LogP contribution in [0.5, 0.6) is 0 Å². The normalized spacial score (nSPS) is 10.6. The molecule has 3 aromatic rings. The largest absolute Gasteiger partial charge is 0.459 e. The maximum atomic E-state index is 11.9. The molecule has 0 fully saturated rings. The van der Waals surface area contributed by atoms with Gasteiger partial charge in [0.2, 0.25) is 0 Å². The van der Waals surface area contributed by atoms with Gasteiger partial charge in [0.05, 0.1) is 6.26 Å². The van der Waals surface area contributed by atoms with Crippen LogP contribution in [-0.4, -0.2) is 16.1 Å². The molecule has 6 heteroatoms. The van der Waals surface area contributed by atoms with Crippen LogP contribution >= 0.6 is 11.8 Å². The second kappa shape index (κ2) is 7.31. The Morgan fingerprint density at radius 2 is 2.04 bits per heavy atom. The first-order chi connectivity index (χ1) is 11.6. The Balaban J connectivity index is 1.60. The summed E-state index contributed by atoms with van der Waals surface area (Å²) in [7, 11) is 0. The lowest BCUT2D eigenvalue weighted by atomic mass is 10.1. The fraction of sp³-hybridized carbons (Fsp3) is 0.167. The zero-order chi connectivity index (χ0) is 16.9. The maximum absolute atomic E-state index is 11.9. The Bertz CT molecular complexity index is 830. The quantitative estimate of drug-likeness (QED) is 0.705. The van der Waals surface area contributed by atoms with E-state index in [4.69, 9.17) is 4.42 Å². The van der Waals surface area contributed by atoms with Crippen LogP contribution in [0.4, 0.5) is 5.82 Å². The lowest BCUT2D eigenvalue weighted by Gasteiger charge is -2.07. The summed E-state index contributed by atoms with van der Waals surface area (Å²) >= 11 is 1.62. The van der Waals surface area contributed by atoms with Gasteiger partial charge in [-0.15, -0.1) is 10.2 Å². The average molecular weight is 339 g/mol. The number of aryl methyl sites for hydroxylation is 2. The van der Waals surface area contributed by atoms with Gasteiger partial charge in [-0.05, 0) is 49.2 Å². The number of nitrogens with one attached hydrogen (secondary N) is 1. The number of hydrogen-bond donors (Lipinski definition) is 1. The minimum absolute atomic E-state index is 0.241. The molecule has 0 spiro atoms. The SMILES string of the molecule is Cc1ccc(C)c(CSc2ccc(NC(=O)c3ccco3)nn2)c1. The minimum Gasteiger partial charge on any atom is -0.459 e. The van der Waals surface area contributed by atoms with Crippen molar-refractivity contribution in [1.29, 1.82) is 0 Å². The number of hydrogen-bond acceptors (Lipinski definition) is 5. The number of carbonyl (C=O) groups is 1. The van der Waals surface area contributed by atoms with Gasteiger partial charge in [-0.25, -0.2) is 0 Å². The minimum atomic E-state index is -0.343. The van der Waals surface area contributed by atoms with Gasteiger partial charge in [-0.3, -0.25) is 4.79 Å². The van der Waals surface area contributed by atoms with Gasteiger partial charge in [0.25, 0.3) is 5.91 Å². The van der Waals surface area contributed by atoms with Crippen LogP contribution in [0, 0.1) is 13.8 Å². The number of furan rings is 1. The topological polar surface area (TPSA) is 68.0 Å². The van der Waals surface area contributed by atoms with Crippen LogP contribution in [0.3, 0.4) is 0 Å². The van der Waals surface area contributed by atoms with Crippen molar-refractivity contribution in [2.45, 2.75) is 24.6 Å². The van der Waals surface area contributed by atoms with Crippen molar-refractivity contribution in [1.82, 2.24) is 10.2 Å². The maximum Gasteiger partial charge on any atom is 0.292 e. The molecule has 0 aliphatic heterocycles. The molecule has 0 aliphatic rings. The molecule has 3 rings (SSSR count). The van der Waals surface area contributed by atoms with Gasteiger partial charge < -0.3 is 9.73 Å². The zero-order valence-electron chi connectivity index (χ0n) is 13.4. The number of rotatable bonds is 5. The summed E-state index contributed by atoms with van der Waals surface area (Å²) in [6, 6.07) is 13.3. The summed E-state index contributed by atoms with van der Waals surface area (Å²) in [6.45, 7) is 4.19. The van der Waals surface area contributed by atoms with Crippen LogP contribution in [-0.2, 0) is 5.75 Å². The Morgan fingerprint density at radius 3 is 2.75 bits per heavy atom. The second-order valence-electron chi connectivity index (χ2n) is 5.41. The van der Waals surface area contributed by atoms with Crippen molar-refractivity contribution in [3.05, 3.63) is 71.2 Å². The van der Waals surface area contributed by atoms with Gasteiger partial charge in [0, 0.05) is 5.75 Å². The van der Waals surface area contributed by atoms with Gasteiger partial charge in [-0.2, -0.15) is 0 Å². The van der Waals surface area contributed by atoms with E-state index < -0.39 is 0 Å². The summed E-state index contributed by atoms with van der Waals surface area (Å²) in [5.74, 6) is 1.13. The van der Waals surface area contributed by atoms with Gasteiger partial charge in [0.1, 0.15) is 5.03 Å². The molecule has 24 heavy (non-hydrogen) atoms. The second-order valence-corrected chi connectivity index (χ2v) is 6.40. The molecule has 1 N–H and O–H groups in total. The van der Waals surface area contributed by atoms with Crippen molar-refractivity contribution in [2.24, 2.45) is 0 Å². The van der Waals surface area contributed by atoms with Crippen LogP contribution in [0.1, 0.15) is 27.2 Å². The number of carbonyl (C=O) groups excluding carboxylic acids is 1. The van der Waals surface area contributed by atoms with E-state index in [0.717, 1.165) is 10.8 Å². The molecule has 2 heterocycles. The smallest absolute Gasteiger partial charge is 0.292 e. The highest BCUT2D eigenvalue weighted by atomic mass is 32.2. The number of amides is 1. The van der Waals surface area contributed by atoms with E-state index in [1.165, 1.54) is 23.0 Å². The number of anilines is 1. The molecule has 2 aromatic heterocycles. The van der Waals surface area contributed by atoms with E-state index >= 15 is 0 Å². The van der Waals surface area contributed by atoms with Crippen molar-refractivity contribution in [3.8, 4) is 0 Å². The first kappa shape index (κ1) is 16.3. The predicted molar refractivity (Wildman–Crippen MR) is 94.2 cm³/mol. The third-order valence-corrected chi connectivity index (χ3v) is 4.48. The number of thioether (sulfide) groups is 1. The van der Waals surface area contributed by atoms with Crippen LogP contribution in [0.25, 0.3) is 0 Å². The average Bonchev–Trinajstić information content (AvgIpc) is 3.12. The number of aromatic nitrogens is 2. The molecular formula is C18H17N3O2S. The van der Waals surface area contributed by atoms with E-state index in [2.05, 4.69) is 47.6 Å². The third kappa shape index (κ3) is 4.02. The highest BCUT2D eigenvalue weighted by Crippen LogP contribution is 2.23. The Morgan fingerprint density at radius 1 is 1.17 bits per heavy atom. The van der Waals surface area contributed by atoms with Crippen molar-refractivity contribution in [2.75, 3.05) is 5.32 Å². The fourth-order valence-corrected chi connectivity index (χ4v) is 3.03. The Kier molecular flexibility index (Phi) is 4.96. The molecule has 0 bridgehead atoms. The molecule has 0 aliphatic carbocycles.